The summed E-state index contributed by atoms with van der Waals surface area (Å²) in [6, 6.07) is 17.2. The minimum atomic E-state index is -0.272. The molecule has 1 N–H and O–H groups in total. The standard InChI is InChI=1S/C18H21ClN2O/c1-21(2)17(15-6-4-3-5-7-15)18(22)20-13-12-14-8-10-16(19)11-9-14/h3-11,17H,12-13H2,1-2H3,(H,20,22)/t17-/m0/s1. The van der Waals surface area contributed by atoms with Gasteiger partial charge in [-0.2, -0.15) is 0 Å². The van der Waals surface area contributed by atoms with Gasteiger partial charge in [0.05, 0.1) is 0 Å². The van der Waals surface area contributed by atoms with Crippen molar-refractivity contribution in [3.63, 3.8) is 0 Å². The van der Waals surface area contributed by atoms with E-state index in [0.717, 1.165) is 22.6 Å². The third-order valence-corrected chi connectivity index (χ3v) is 3.76. The lowest BCUT2D eigenvalue weighted by molar-refractivity contribution is -0.125. The monoisotopic (exact) mass is 316 g/mol. The Morgan fingerprint density at radius 3 is 2.32 bits per heavy atom. The molecule has 0 heterocycles. The molecular formula is C18H21ClN2O. The van der Waals surface area contributed by atoms with Crippen LogP contribution in [-0.4, -0.2) is 31.4 Å². The molecule has 0 spiro atoms. The molecule has 4 heteroatoms. The normalized spacial score (nSPS) is 12.2. The summed E-state index contributed by atoms with van der Waals surface area (Å²) in [5.74, 6) is 0.0187. The average Bonchev–Trinajstić information content (AvgIpc) is 2.50. The Balaban J connectivity index is 1.93. The SMILES string of the molecule is CN(C)[C@H](C(=O)NCCc1ccc(Cl)cc1)c1ccccc1. The Kier molecular flexibility index (Phi) is 5.99. The summed E-state index contributed by atoms with van der Waals surface area (Å²) in [5.41, 5.74) is 2.15. The minimum absolute atomic E-state index is 0.0187. The van der Waals surface area contributed by atoms with E-state index in [4.69, 9.17) is 11.6 Å². The van der Waals surface area contributed by atoms with Crippen LogP contribution >= 0.6 is 11.6 Å². The van der Waals surface area contributed by atoms with Gasteiger partial charge >= 0.3 is 0 Å². The largest absolute Gasteiger partial charge is 0.354 e. The molecule has 3 nitrogen and oxygen atoms in total. The zero-order valence-electron chi connectivity index (χ0n) is 12.9. The predicted octanol–water partition coefficient (Wildman–Crippen LogP) is 3.30. The van der Waals surface area contributed by atoms with Crippen molar-refractivity contribution in [3.05, 3.63) is 70.7 Å². The molecule has 1 amide bonds. The maximum atomic E-state index is 12.5. The van der Waals surface area contributed by atoms with Gasteiger partial charge in [0.1, 0.15) is 6.04 Å². The molecule has 0 bridgehead atoms. The first-order valence-electron chi connectivity index (χ1n) is 7.31. The van der Waals surface area contributed by atoms with Crippen LogP contribution in [-0.2, 0) is 11.2 Å². The second-order valence-electron chi connectivity index (χ2n) is 5.44. The Labute approximate surface area is 136 Å². The molecule has 2 aromatic rings. The first-order chi connectivity index (χ1) is 10.6. The second kappa shape index (κ2) is 7.97. The molecule has 116 valence electrons. The fourth-order valence-corrected chi connectivity index (χ4v) is 2.52. The van der Waals surface area contributed by atoms with Crippen LogP contribution in [0, 0.1) is 0 Å². The Morgan fingerprint density at radius 1 is 1.09 bits per heavy atom. The molecule has 0 unspecified atom stereocenters. The molecule has 1 atom stereocenters. The third-order valence-electron chi connectivity index (χ3n) is 3.51. The lowest BCUT2D eigenvalue weighted by Crippen LogP contribution is -2.37. The minimum Gasteiger partial charge on any atom is -0.354 e. The maximum Gasteiger partial charge on any atom is 0.241 e. The van der Waals surface area contributed by atoms with Crippen LogP contribution in [0.25, 0.3) is 0 Å². The van der Waals surface area contributed by atoms with E-state index in [1.165, 1.54) is 0 Å². The predicted molar refractivity (Wildman–Crippen MR) is 91.0 cm³/mol. The number of nitrogens with one attached hydrogen (secondary N) is 1. The molecule has 2 rings (SSSR count). The van der Waals surface area contributed by atoms with Crippen molar-refractivity contribution in [3.8, 4) is 0 Å². The number of carbonyl (C=O) groups is 1. The molecule has 0 saturated heterocycles. The van der Waals surface area contributed by atoms with Crippen LogP contribution in [0.3, 0.4) is 0 Å². The molecule has 0 aliphatic rings. The van der Waals surface area contributed by atoms with E-state index < -0.39 is 0 Å². The number of carbonyl (C=O) groups excluding carboxylic acids is 1. The van der Waals surface area contributed by atoms with E-state index in [-0.39, 0.29) is 11.9 Å². The van der Waals surface area contributed by atoms with E-state index in [1.807, 2.05) is 73.6 Å². The van der Waals surface area contributed by atoms with Crippen LogP contribution in [0.15, 0.2) is 54.6 Å². The second-order valence-corrected chi connectivity index (χ2v) is 5.88. The number of halogens is 1. The number of nitrogens with zero attached hydrogens (tertiary/aromatic N) is 1. The first-order valence-corrected chi connectivity index (χ1v) is 7.69. The summed E-state index contributed by atoms with van der Waals surface area (Å²) < 4.78 is 0. The Bertz CT molecular complexity index is 596. The third kappa shape index (κ3) is 4.58. The molecule has 22 heavy (non-hydrogen) atoms. The highest BCUT2D eigenvalue weighted by Gasteiger charge is 2.21. The van der Waals surface area contributed by atoms with Crippen molar-refractivity contribution in [1.82, 2.24) is 10.2 Å². The fourth-order valence-electron chi connectivity index (χ4n) is 2.40. The zero-order valence-corrected chi connectivity index (χ0v) is 13.7. The van der Waals surface area contributed by atoms with E-state index >= 15 is 0 Å². The van der Waals surface area contributed by atoms with E-state index in [9.17, 15) is 4.79 Å². The highest BCUT2D eigenvalue weighted by molar-refractivity contribution is 6.30. The van der Waals surface area contributed by atoms with Crippen molar-refractivity contribution in [2.24, 2.45) is 0 Å². The van der Waals surface area contributed by atoms with Gasteiger partial charge in [0.15, 0.2) is 0 Å². The summed E-state index contributed by atoms with van der Waals surface area (Å²) in [5, 5.41) is 3.74. The highest BCUT2D eigenvalue weighted by Crippen LogP contribution is 2.18. The van der Waals surface area contributed by atoms with Crippen molar-refractivity contribution in [1.29, 1.82) is 0 Å². The van der Waals surface area contributed by atoms with Gasteiger partial charge in [0.25, 0.3) is 0 Å². The van der Waals surface area contributed by atoms with Crippen molar-refractivity contribution < 1.29 is 4.79 Å². The Morgan fingerprint density at radius 2 is 1.73 bits per heavy atom. The summed E-state index contributed by atoms with van der Waals surface area (Å²) in [6.45, 7) is 0.609. The molecular weight excluding hydrogens is 296 g/mol. The van der Waals surface area contributed by atoms with Crippen LogP contribution < -0.4 is 5.32 Å². The van der Waals surface area contributed by atoms with Gasteiger partial charge in [-0.15, -0.1) is 0 Å². The summed E-state index contributed by atoms with van der Waals surface area (Å²) in [4.78, 5) is 14.4. The number of benzene rings is 2. The first kappa shape index (κ1) is 16.5. The quantitative estimate of drug-likeness (QED) is 0.887. The van der Waals surface area contributed by atoms with Gasteiger partial charge in [-0.3, -0.25) is 9.69 Å². The fraction of sp³-hybridized carbons (Fsp3) is 0.278. The summed E-state index contributed by atoms with van der Waals surface area (Å²) >= 11 is 5.87. The molecule has 0 aliphatic heterocycles. The van der Waals surface area contributed by atoms with Crippen LogP contribution in [0.1, 0.15) is 17.2 Å². The van der Waals surface area contributed by atoms with Crippen molar-refractivity contribution in [2.75, 3.05) is 20.6 Å². The maximum absolute atomic E-state index is 12.5. The van der Waals surface area contributed by atoms with Gasteiger partial charge in [0.2, 0.25) is 5.91 Å². The molecule has 0 fully saturated rings. The number of hydrogen-bond donors (Lipinski definition) is 1. The lowest BCUT2D eigenvalue weighted by atomic mass is 10.1. The Hall–Kier alpha value is -1.84. The average molecular weight is 317 g/mol. The number of rotatable bonds is 6. The molecule has 0 saturated carbocycles. The van der Waals surface area contributed by atoms with Crippen molar-refractivity contribution in [2.45, 2.75) is 12.5 Å². The van der Waals surface area contributed by atoms with Gasteiger partial charge in [-0.25, -0.2) is 0 Å². The molecule has 0 aromatic heterocycles. The summed E-state index contributed by atoms with van der Waals surface area (Å²) in [7, 11) is 3.83. The molecule has 0 radical (unpaired) electrons. The van der Waals surface area contributed by atoms with Crippen LogP contribution in [0.5, 0.6) is 0 Å². The number of likely N-dealkylation sites (N-methyl/N-ethyl adjacent to an activating group) is 1. The topological polar surface area (TPSA) is 32.3 Å². The van der Waals surface area contributed by atoms with Gasteiger partial charge < -0.3 is 5.32 Å². The zero-order chi connectivity index (χ0) is 15.9. The van der Waals surface area contributed by atoms with E-state index in [0.29, 0.717) is 6.54 Å². The van der Waals surface area contributed by atoms with E-state index in [1.54, 1.807) is 0 Å². The lowest BCUT2D eigenvalue weighted by Gasteiger charge is -2.23. The molecule has 0 aliphatic carbocycles. The van der Waals surface area contributed by atoms with Crippen LogP contribution in [0.4, 0.5) is 0 Å². The number of amides is 1. The van der Waals surface area contributed by atoms with Crippen molar-refractivity contribution >= 4 is 17.5 Å². The van der Waals surface area contributed by atoms with Gasteiger partial charge in [0, 0.05) is 11.6 Å². The van der Waals surface area contributed by atoms with E-state index in [2.05, 4.69) is 5.32 Å². The number of hydrogen-bond acceptors (Lipinski definition) is 2. The molecule has 2 aromatic carbocycles. The van der Waals surface area contributed by atoms with Gasteiger partial charge in [-0.05, 0) is 43.8 Å². The summed E-state index contributed by atoms with van der Waals surface area (Å²) in [6.07, 6.45) is 0.790. The van der Waals surface area contributed by atoms with Crippen LogP contribution in [0.2, 0.25) is 5.02 Å². The highest BCUT2D eigenvalue weighted by atomic mass is 35.5. The van der Waals surface area contributed by atoms with Gasteiger partial charge in [-0.1, -0.05) is 54.1 Å². The smallest absolute Gasteiger partial charge is 0.241 e.